The smallest absolute Gasteiger partial charge is 0.263 e. The number of benzene rings is 1. The zero-order valence-electron chi connectivity index (χ0n) is 12.9. The molecule has 0 aliphatic carbocycles. The zero-order chi connectivity index (χ0) is 16.3. The Bertz CT molecular complexity index is 537. The van der Waals surface area contributed by atoms with Crippen LogP contribution in [-0.4, -0.2) is 36.5 Å². The molecule has 22 heavy (non-hydrogen) atoms. The van der Waals surface area contributed by atoms with Crippen LogP contribution >= 0.6 is 0 Å². The molecule has 2 rings (SSSR count). The highest BCUT2D eigenvalue weighted by Crippen LogP contribution is 2.24. The Balaban J connectivity index is 2.11. The van der Waals surface area contributed by atoms with Crippen LogP contribution in [0.2, 0.25) is 0 Å². The van der Waals surface area contributed by atoms with Gasteiger partial charge in [-0.1, -0.05) is 13.8 Å². The molecule has 6 heteroatoms. The molecule has 122 valence electrons. The van der Waals surface area contributed by atoms with Gasteiger partial charge < -0.3 is 15.4 Å². The SMILES string of the molecule is CC(C)[C@H](Oc1ccc(F)cc1F)C(=O)N1CC[C@H](CN)C1. The molecule has 0 bridgehead atoms. The molecule has 0 unspecified atom stereocenters. The number of likely N-dealkylation sites (tertiary alicyclic amines) is 1. The monoisotopic (exact) mass is 312 g/mol. The first-order valence-electron chi connectivity index (χ1n) is 7.53. The molecule has 1 amide bonds. The average Bonchev–Trinajstić information content (AvgIpc) is 2.94. The fraction of sp³-hybridized carbons (Fsp3) is 0.562. The summed E-state index contributed by atoms with van der Waals surface area (Å²) in [4.78, 5) is 14.3. The molecule has 1 aliphatic heterocycles. The van der Waals surface area contributed by atoms with E-state index in [-0.39, 0.29) is 17.6 Å². The fourth-order valence-electron chi connectivity index (χ4n) is 2.58. The number of carbonyl (C=O) groups is 1. The molecule has 0 spiro atoms. The van der Waals surface area contributed by atoms with Gasteiger partial charge in [-0.25, -0.2) is 8.78 Å². The highest BCUT2D eigenvalue weighted by molar-refractivity contribution is 5.81. The van der Waals surface area contributed by atoms with Crippen molar-refractivity contribution in [1.82, 2.24) is 4.90 Å². The molecule has 1 saturated heterocycles. The van der Waals surface area contributed by atoms with E-state index in [2.05, 4.69) is 0 Å². The van der Waals surface area contributed by atoms with Crippen LogP contribution in [-0.2, 0) is 4.79 Å². The second-order valence-corrected chi connectivity index (χ2v) is 6.03. The van der Waals surface area contributed by atoms with Crippen molar-refractivity contribution in [3.8, 4) is 5.75 Å². The van der Waals surface area contributed by atoms with E-state index in [1.807, 2.05) is 13.8 Å². The predicted molar refractivity (Wildman–Crippen MR) is 79.4 cm³/mol. The second-order valence-electron chi connectivity index (χ2n) is 6.03. The molecule has 1 aliphatic rings. The van der Waals surface area contributed by atoms with Crippen molar-refractivity contribution in [2.45, 2.75) is 26.4 Å². The van der Waals surface area contributed by atoms with Crippen molar-refractivity contribution in [1.29, 1.82) is 0 Å². The number of rotatable bonds is 5. The molecule has 0 radical (unpaired) electrons. The van der Waals surface area contributed by atoms with E-state index in [0.717, 1.165) is 18.6 Å². The Morgan fingerprint density at radius 2 is 2.18 bits per heavy atom. The molecule has 1 heterocycles. The standard InChI is InChI=1S/C16H22F2N2O2/c1-10(2)15(16(21)20-6-5-11(8-19)9-20)22-14-4-3-12(17)7-13(14)18/h3-4,7,10-11,15H,5-6,8-9,19H2,1-2H3/t11-,15+/m1/s1. The van der Waals surface area contributed by atoms with E-state index in [1.54, 1.807) is 4.90 Å². The molecule has 1 fully saturated rings. The van der Waals surface area contributed by atoms with Gasteiger partial charge >= 0.3 is 0 Å². The number of halogens is 2. The Hall–Kier alpha value is -1.69. The van der Waals surface area contributed by atoms with Crippen LogP contribution in [0.3, 0.4) is 0 Å². The number of amides is 1. The molecule has 4 nitrogen and oxygen atoms in total. The quantitative estimate of drug-likeness (QED) is 0.906. The van der Waals surface area contributed by atoms with Crippen LogP contribution in [0.25, 0.3) is 0 Å². The normalized spacial score (nSPS) is 19.5. The Morgan fingerprint density at radius 1 is 1.45 bits per heavy atom. The van der Waals surface area contributed by atoms with Crippen LogP contribution in [0.15, 0.2) is 18.2 Å². The van der Waals surface area contributed by atoms with Gasteiger partial charge in [0.2, 0.25) is 0 Å². The van der Waals surface area contributed by atoms with E-state index < -0.39 is 17.7 Å². The number of hydrogen-bond donors (Lipinski definition) is 1. The van der Waals surface area contributed by atoms with E-state index in [9.17, 15) is 13.6 Å². The summed E-state index contributed by atoms with van der Waals surface area (Å²) in [6.07, 6.45) is 0.0781. The molecular weight excluding hydrogens is 290 g/mol. The lowest BCUT2D eigenvalue weighted by molar-refractivity contribution is -0.139. The topological polar surface area (TPSA) is 55.6 Å². The number of ether oxygens (including phenoxy) is 1. The van der Waals surface area contributed by atoms with Gasteiger partial charge in [-0.05, 0) is 36.9 Å². The van der Waals surface area contributed by atoms with Gasteiger partial charge in [0.1, 0.15) is 5.82 Å². The van der Waals surface area contributed by atoms with Crippen molar-refractivity contribution in [3.05, 3.63) is 29.8 Å². The van der Waals surface area contributed by atoms with Gasteiger partial charge in [0.05, 0.1) is 0 Å². The highest BCUT2D eigenvalue weighted by Gasteiger charge is 2.33. The molecule has 1 aromatic rings. The predicted octanol–water partition coefficient (Wildman–Crippen LogP) is 2.18. The summed E-state index contributed by atoms with van der Waals surface area (Å²) in [7, 11) is 0. The Morgan fingerprint density at radius 3 is 2.73 bits per heavy atom. The number of nitrogens with two attached hydrogens (primary N) is 1. The first kappa shape index (κ1) is 16.7. The number of carbonyl (C=O) groups excluding carboxylic acids is 1. The number of hydrogen-bond acceptors (Lipinski definition) is 3. The molecule has 2 N–H and O–H groups in total. The van der Waals surface area contributed by atoms with Crippen LogP contribution in [0.5, 0.6) is 5.75 Å². The van der Waals surface area contributed by atoms with Crippen molar-refractivity contribution in [2.24, 2.45) is 17.6 Å². The van der Waals surface area contributed by atoms with Crippen LogP contribution in [0.1, 0.15) is 20.3 Å². The average molecular weight is 312 g/mol. The lowest BCUT2D eigenvalue weighted by Crippen LogP contribution is -2.44. The third kappa shape index (κ3) is 3.74. The molecule has 2 atom stereocenters. The lowest BCUT2D eigenvalue weighted by Gasteiger charge is -2.27. The molecule has 0 saturated carbocycles. The summed E-state index contributed by atoms with van der Waals surface area (Å²) >= 11 is 0. The second kappa shape index (κ2) is 7.05. The lowest BCUT2D eigenvalue weighted by atomic mass is 10.1. The summed E-state index contributed by atoms with van der Waals surface area (Å²) < 4.78 is 32.2. The van der Waals surface area contributed by atoms with Gasteiger partial charge in [0.25, 0.3) is 5.91 Å². The van der Waals surface area contributed by atoms with E-state index in [0.29, 0.717) is 25.6 Å². The third-order valence-electron chi connectivity index (χ3n) is 3.93. The van der Waals surface area contributed by atoms with Crippen LogP contribution in [0, 0.1) is 23.5 Å². The minimum Gasteiger partial charge on any atom is -0.477 e. The van der Waals surface area contributed by atoms with Gasteiger partial charge in [-0.2, -0.15) is 0 Å². The summed E-state index contributed by atoms with van der Waals surface area (Å²) in [5, 5.41) is 0. The summed E-state index contributed by atoms with van der Waals surface area (Å²) in [6.45, 7) is 5.46. The number of nitrogens with zero attached hydrogens (tertiary/aromatic N) is 1. The van der Waals surface area contributed by atoms with E-state index >= 15 is 0 Å². The van der Waals surface area contributed by atoms with Gasteiger partial charge in [-0.3, -0.25) is 4.79 Å². The molecule has 0 aromatic heterocycles. The Kier molecular flexibility index (Phi) is 5.34. The highest BCUT2D eigenvalue weighted by atomic mass is 19.1. The van der Waals surface area contributed by atoms with Gasteiger partial charge in [0.15, 0.2) is 17.7 Å². The first-order valence-corrected chi connectivity index (χ1v) is 7.53. The maximum Gasteiger partial charge on any atom is 0.263 e. The minimum atomic E-state index is -0.806. The van der Waals surface area contributed by atoms with Crippen molar-refractivity contribution >= 4 is 5.91 Å². The van der Waals surface area contributed by atoms with Crippen molar-refractivity contribution < 1.29 is 18.3 Å². The van der Waals surface area contributed by atoms with Crippen LogP contribution in [0.4, 0.5) is 8.78 Å². The van der Waals surface area contributed by atoms with Crippen LogP contribution < -0.4 is 10.5 Å². The Labute approximate surface area is 129 Å². The summed E-state index contributed by atoms with van der Waals surface area (Å²) in [5.41, 5.74) is 5.64. The first-order chi connectivity index (χ1) is 10.4. The fourth-order valence-corrected chi connectivity index (χ4v) is 2.58. The summed E-state index contributed by atoms with van der Waals surface area (Å²) in [6, 6.07) is 3.07. The molecular formula is C16H22F2N2O2. The maximum atomic E-state index is 13.7. The largest absolute Gasteiger partial charge is 0.477 e. The van der Waals surface area contributed by atoms with E-state index in [1.165, 1.54) is 6.07 Å². The van der Waals surface area contributed by atoms with Gasteiger partial charge in [0, 0.05) is 19.2 Å². The third-order valence-corrected chi connectivity index (χ3v) is 3.93. The summed E-state index contributed by atoms with van der Waals surface area (Å²) in [5.74, 6) is -1.59. The van der Waals surface area contributed by atoms with Crippen molar-refractivity contribution in [3.63, 3.8) is 0 Å². The maximum absolute atomic E-state index is 13.7. The molecule has 1 aromatic carbocycles. The minimum absolute atomic E-state index is 0.108. The van der Waals surface area contributed by atoms with Gasteiger partial charge in [-0.15, -0.1) is 0 Å². The zero-order valence-corrected chi connectivity index (χ0v) is 12.9. The van der Waals surface area contributed by atoms with Crippen molar-refractivity contribution in [2.75, 3.05) is 19.6 Å². The van der Waals surface area contributed by atoms with E-state index in [4.69, 9.17) is 10.5 Å².